The minimum atomic E-state index is -0.513. The summed E-state index contributed by atoms with van der Waals surface area (Å²) >= 11 is 0. The Labute approximate surface area is 104 Å². The lowest BCUT2D eigenvalue weighted by atomic mass is 10.0. The molecular formula is C13H11N4O. The second kappa shape index (κ2) is 5.15. The van der Waals surface area contributed by atoms with Crippen molar-refractivity contribution in [3.8, 4) is 6.07 Å². The van der Waals surface area contributed by atoms with Crippen molar-refractivity contribution < 1.29 is 4.79 Å². The smallest absolute Gasteiger partial charge is 0.252 e. The first-order valence-corrected chi connectivity index (χ1v) is 5.36. The van der Waals surface area contributed by atoms with Crippen molar-refractivity contribution in [2.75, 3.05) is 0 Å². The number of rotatable bonds is 4. The lowest BCUT2D eigenvalue weighted by Crippen LogP contribution is -2.12. The fourth-order valence-corrected chi connectivity index (χ4v) is 1.64. The lowest BCUT2D eigenvalue weighted by Gasteiger charge is -2.01. The minimum Gasteiger partial charge on any atom is -0.365 e. The summed E-state index contributed by atoms with van der Waals surface area (Å²) in [6, 6.07) is 9.35. The van der Waals surface area contributed by atoms with Gasteiger partial charge in [-0.3, -0.25) is 9.89 Å². The van der Waals surface area contributed by atoms with E-state index in [4.69, 9.17) is 11.0 Å². The van der Waals surface area contributed by atoms with Crippen LogP contribution in [0, 0.1) is 17.8 Å². The molecule has 0 unspecified atom stereocenters. The van der Waals surface area contributed by atoms with Gasteiger partial charge in [0.25, 0.3) is 5.91 Å². The van der Waals surface area contributed by atoms with Gasteiger partial charge >= 0.3 is 0 Å². The predicted molar refractivity (Wildman–Crippen MR) is 65.4 cm³/mol. The molecule has 1 aromatic heterocycles. The Morgan fingerprint density at radius 3 is 3.11 bits per heavy atom. The van der Waals surface area contributed by atoms with Gasteiger partial charge in [-0.15, -0.1) is 0 Å². The maximum atomic E-state index is 11.1. The number of aromatic nitrogens is 2. The average molecular weight is 239 g/mol. The first-order chi connectivity index (χ1) is 8.70. The van der Waals surface area contributed by atoms with E-state index >= 15 is 0 Å². The van der Waals surface area contributed by atoms with E-state index in [0.29, 0.717) is 23.2 Å². The summed E-state index contributed by atoms with van der Waals surface area (Å²) in [6.45, 7) is 0. The van der Waals surface area contributed by atoms with Gasteiger partial charge in [-0.2, -0.15) is 10.4 Å². The van der Waals surface area contributed by atoms with E-state index in [9.17, 15) is 4.79 Å². The van der Waals surface area contributed by atoms with Crippen LogP contribution in [0.15, 0.2) is 30.5 Å². The molecule has 0 saturated heterocycles. The second-order valence-electron chi connectivity index (χ2n) is 3.77. The zero-order valence-electron chi connectivity index (χ0n) is 9.55. The predicted octanol–water partition coefficient (Wildman–Crippen LogP) is 1.18. The molecule has 0 aliphatic heterocycles. The maximum absolute atomic E-state index is 11.1. The molecule has 0 saturated carbocycles. The largest absolute Gasteiger partial charge is 0.365 e. The van der Waals surface area contributed by atoms with Crippen LogP contribution in [0.1, 0.15) is 27.2 Å². The van der Waals surface area contributed by atoms with Crippen LogP contribution in [0.2, 0.25) is 0 Å². The van der Waals surface area contributed by atoms with Crippen molar-refractivity contribution in [2.24, 2.45) is 5.73 Å². The summed E-state index contributed by atoms with van der Waals surface area (Å²) in [5, 5.41) is 15.3. The molecule has 1 radical (unpaired) electrons. The Balaban J connectivity index is 2.09. The third kappa shape index (κ3) is 2.55. The van der Waals surface area contributed by atoms with Crippen molar-refractivity contribution in [1.29, 1.82) is 5.26 Å². The minimum absolute atomic E-state index is 0.367. The van der Waals surface area contributed by atoms with E-state index < -0.39 is 5.91 Å². The Morgan fingerprint density at radius 2 is 2.39 bits per heavy atom. The molecule has 2 rings (SSSR count). The van der Waals surface area contributed by atoms with Gasteiger partial charge in [-0.1, -0.05) is 12.1 Å². The molecule has 2 aromatic rings. The Kier molecular flexibility index (Phi) is 3.39. The number of nitriles is 1. The van der Waals surface area contributed by atoms with Crippen LogP contribution >= 0.6 is 0 Å². The third-order valence-corrected chi connectivity index (χ3v) is 2.52. The highest BCUT2D eigenvalue weighted by Crippen LogP contribution is 2.12. The number of primary amides is 1. The number of carbonyl (C=O) groups is 1. The molecule has 89 valence electrons. The number of carbonyl (C=O) groups excluding carboxylic acids is 1. The fraction of sp³-hybridized carbons (Fsp3) is 0.0769. The number of aromatic amines is 1. The second-order valence-corrected chi connectivity index (χ2v) is 3.77. The van der Waals surface area contributed by atoms with Crippen molar-refractivity contribution in [1.82, 2.24) is 10.2 Å². The molecule has 1 heterocycles. The van der Waals surface area contributed by atoms with E-state index in [2.05, 4.69) is 16.3 Å². The molecule has 0 bridgehead atoms. The van der Waals surface area contributed by atoms with Gasteiger partial charge in [-0.05, 0) is 24.1 Å². The van der Waals surface area contributed by atoms with E-state index in [0.717, 1.165) is 5.56 Å². The highest BCUT2D eigenvalue weighted by molar-refractivity contribution is 5.94. The van der Waals surface area contributed by atoms with Crippen LogP contribution in [0.4, 0.5) is 0 Å². The van der Waals surface area contributed by atoms with Gasteiger partial charge in [0.1, 0.15) is 0 Å². The quantitative estimate of drug-likeness (QED) is 0.838. The maximum Gasteiger partial charge on any atom is 0.252 e. The molecule has 5 nitrogen and oxygen atoms in total. The third-order valence-electron chi connectivity index (χ3n) is 2.52. The van der Waals surface area contributed by atoms with Crippen molar-refractivity contribution in [3.05, 3.63) is 59.3 Å². The number of benzene rings is 1. The highest BCUT2D eigenvalue weighted by atomic mass is 16.1. The van der Waals surface area contributed by atoms with Gasteiger partial charge in [0.15, 0.2) is 0 Å². The summed E-state index contributed by atoms with van der Waals surface area (Å²) in [5.74, 6) is -0.513. The number of nitrogens with one attached hydrogen (secondary N) is 1. The van der Waals surface area contributed by atoms with Gasteiger partial charge in [-0.25, -0.2) is 0 Å². The standard InChI is InChI=1S/C13H11N4O/c14-7-10-3-1-2-9(6-10)4-5-12-11(13(15)18)8-16-17-12/h1-3,5-6,8H,4H2,(H2,15,18)(H,16,17). The van der Waals surface area contributed by atoms with Gasteiger partial charge in [0, 0.05) is 12.6 Å². The molecule has 3 N–H and O–H groups in total. The van der Waals surface area contributed by atoms with Gasteiger partial charge < -0.3 is 5.73 Å². The first kappa shape index (κ1) is 11.9. The number of hydrogen-bond acceptors (Lipinski definition) is 3. The summed E-state index contributed by atoms with van der Waals surface area (Å²) in [5.41, 5.74) is 7.70. The number of hydrogen-bond donors (Lipinski definition) is 2. The Morgan fingerprint density at radius 1 is 1.56 bits per heavy atom. The van der Waals surface area contributed by atoms with Crippen LogP contribution in [-0.4, -0.2) is 16.1 Å². The number of H-pyrrole nitrogens is 1. The zero-order valence-corrected chi connectivity index (χ0v) is 9.55. The first-order valence-electron chi connectivity index (χ1n) is 5.36. The fourth-order valence-electron chi connectivity index (χ4n) is 1.64. The molecule has 0 aliphatic rings. The lowest BCUT2D eigenvalue weighted by molar-refractivity contribution is 0.1000. The number of nitrogens with zero attached hydrogens (tertiary/aromatic N) is 2. The average Bonchev–Trinajstić information content (AvgIpc) is 2.85. The van der Waals surface area contributed by atoms with Crippen LogP contribution in [-0.2, 0) is 6.42 Å². The molecule has 18 heavy (non-hydrogen) atoms. The molecule has 1 aromatic carbocycles. The van der Waals surface area contributed by atoms with Crippen LogP contribution in [0.5, 0.6) is 0 Å². The molecule has 0 aliphatic carbocycles. The zero-order chi connectivity index (χ0) is 13.0. The van der Waals surface area contributed by atoms with E-state index in [1.165, 1.54) is 6.20 Å². The molecule has 0 fully saturated rings. The summed E-state index contributed by atoms with van der Waals surface area (Å²) in [4.78, 5) is 11.1. The number of amides is 1. The molecule has 1 amide bonds. The summed E-state index contributed by atoms with van der Waals surface area (Å²) in [6.07, 6.45) is 3.85. The van der Waals surface area contributed by atoms with E-state index in [1.807, 2.05) is 12.1 Å². The number of nitrogens with two attached hydrogens (primary N) is 1. The van der Waals surface area contributed by atoms with Crippen LogP contribution in [0.3, 0.4) is 0 Å². The van der Waals surface area contributed by atoms with Gasteiger partial charge in [0.05, 0.1) is 22.9 Å². The highest BCUT2D eigenvalue weighted by Gasteiger charge is 2.11. The van der Waals surface area contributed by atoms with Crippen molar-refractivity contribution in [3.63, 3.8) is 0 Å². The molecular weight excluding hydrogens is 228 g/mol. The van der Waals surface area contributed by atoms with E-state index in [1.54, 1.807) is 18.6 Å². The summed E-state index contributed by atoms with van der Waals surface area (Å²) < 4.78 is 0. The molecule has 5 heteroatoms. The Bertz CT molecular complexity index is 609. The summed E-state index contributed by atoms with van der Waals surface area (Å²) in [7, 11) is 0. The SMILES string of the molecule is N#Cc1cccc(C[CH]c2n[nH]cc2C(N)=O)c1. The monoisotopic (exact) mass is 239 g/mol. The van der Waals surface area contributed by atoms with Crippen molar-refractivity contribution in [2.45, 2.75) is 6.42 Å². The van der Waals surface area contributed by atoms with E-state index in [-0.39, 0.29) is 0 Å². The molecule has 0 atom stereocenters. The van der Waals surface area contributed by atoms with Gasteiger partial charge in [0.2, 0.25) is 0 Å². The molecule has 0 spiro atoms. The normalized spacial score (nSPS) is 9.94. The van der Waals surface area contributed by atoms with Crippen LogP contribution < -0.4 is 5.73 Å². The Hall–Kier alpha value is -2.61. The van der Waals surface area contributed by atoms with Crippen molar-refractivity contribution >= 4 is 5.91 Å². The topological polar surface area (TPSA) is 95.6 Å². The van der Waals surface area contributed by atoms with Crippen LogP contribution in [0.25, 0.3) is 0 Å².